The van der Waals surface area contributed by atoms with Crippen molar-refractivity contribution in [3.63, 3.8) is 0 Å². The molecule has 0 spiro atoms. The summed E-state index contributed by atoms with van der Waals surface area (Å²) < 4.78 is 11.5. The van der Waals surface area contributed by atoms with Gasteiger partial charge in [0.05, 0.1) is 19.8 Å². The number of methoxy groups -OCH3 is 2. The van der Waals surface area contributed by atoms with E-state index in [2.05, 4.69) is 27.9 Å². The average Bonchev–Trinajstić information content (AvgIpc) is 2.74. The highest BCUT2D eigenvalue weighted by Gasteiger charge is 2.36. The molecule has 148 valence electrons. The van der Waals surface area contributed by atoms with Crippen LogP contribution in [0.5, 0.6) is 17.2 Å². The third kappa shape index (κ3) is 3.46. The lowest BCUT2D eigenvalue weighted by Crippen LogP contribution is -2.43. The monoisotopic (exact) mass is 502 g/mol. The number of hydrogen-bond donors (Lipinski definition) is 2. The molecule has 0 saturated heterocycles. The topological polar surface area (TPSA) is 71.0 Å². The number of carbonyl (C=O) groups is 1. The molecule has 7 heteroatoms. The van der Waals surface area contributed by atoms with E-state index in [9.17, 15) is 9.90 Å². The van der Waals surface area contributed by atoms with Crippen LogP contribution in [0, 0.1) is 3.57 Å². The fourth-order valence-corrected chi connectivity index (χ4v) is 3.92. The summed E-state index contributed by atoms with van der Waals surface area (Å²) in [5, 5.41) is 14.1. The Morgan fingerprint density at radius 2 is 1.79 bits per heavy atom. The summed E-state index contributed by atoms with van der Waals surface area (Å²) in [6.07, 6.45) is -0.612. The molecule has 29 heavy (non-hydrogen) atoms. The number of anilines is 2. The number of amides is 1. The summed E-state index contributed by atoms with van der Waals surface area (Å²) in [6, 6.07) is 18.2. The molecular formula is C22H19IN2O4. The Kier molecular flexibility index (Phi) is 5.23. The molecule has 3 aromatic carbocycles. The van der Waals surface area contributed by atoms with Crippen LogP contribution in [0.25, 0.3) is 0 Å². The van der Waals surface area contributed by atoms with Gasteiger partial charge in [0.15, 0.2) is 11.5 Å². The Morgan fingerprint density at radius 3 is 2.48 bits per heavy atom. The van der Waals surface area contributed by atoms with Gasteiger partial charge in [-0.3, -0.25) is 9.69 Å². The number of para-hydroxylation sites is 1. The van der Waals surface area contributed by atoms with Crippen molar-refractivity contribution in [3.05, 3.63) is 75.4 Å². The van der Waals surface area contributed by atoms with Gasteiger partial charge in [-0.05, 0) is 71.1 Å². The van der Waals surface area contributed by atoms with Gasteiger partial charge in [-0.1, -0.05) is 12.1 Å². The number of rotatable bonds is 4. The smallest absolute Gasteiger partial charge is 0.262 e. The highest BCUT2D eigenvalue weighted by Crippen LogP contribution is 2.42. The first-order valence-corrected chi connectivity index (χ1v) is 10.0. The van der Waals surface area contributed by atoms with E-state index in [1.807, 2.05) is 30.3 Å². The predicted molar refractivity (Wildman–Crippen MR) is 120 cm³/mol. The molecule has 0 bridgehead atoms. The molecule has 1 atom stereocenters. The van der Waals surface area contributed by atoms with Crippen LogP contribution in [0.4, 0.5) is 11.4 Å². The van der Waals surface area contributed by atoms with E-state index in [0.717, 1.165) is 3.57 Å². The maximum Gasteiger partial charge on any atom is 0.262 e. The summed E-state index contributed by atoms with van der Waals surface area (Å²) in [7, 11) is 3.09. The summed E-state index contributed by atoms with van der Waals surface area (Å²) in [5.74, 6) is 0.879. The minimum absolute atomic E-state index is 0.00669. The second-order valence-corrected chi connectivity index (χ2v) is 7.75. The number of carbonyl (C=O) groups excluding carboxylic acids is 1. The molecule has 3 aromatic rings. The molecule has 1 heterocycles. The Hall–Kier alpha value is -2.94. The first-order chi connectivity index (χ1) is 14.0. The Labute approximate surface area is 182 Å². The van der Waals surface area contributed by atoms with Crippen molar-refractivity contribution in [2.75, 3.05) is 24.4 Å². The van der Waals surface area contributed by atoms with Gasteiger partial charge in [0.2, 0.25) is 0 Å². The van der Waals surface area contributed by atoms with E-state index in [-0.39, 0.29) is 11.7 Å². The SMILES string of the molecule is COc1ccc(N2C(=O)c3cc(I)ccc3NC2c2cccc(OC)c2O)cc1. The first kappa shape index (κ1) is 19.4. The van der Waals surface area contributed by atoms with Gasteiger partial charge < -0.3 is 19.9 Å². The summed E-state index contributed by atoms with van der Waals surface area (Å²) in [6.45, 7) is 0. The minimum atomic E-state index is -0.612. The van der Waals surface area contributed by atoms with Crippen molar-refractivity contribution in [2.24, 2.45) is 0 Å². The number of hydrogen-bond acceptors (Lipinski definition) is 5. The molecule has 6 nitrogen and oxygen atoms in total. The van der Waals surface area contributed by atoms with E-state index >= 15 is 0 Å². The van der Waals surface area contributed by atoms with Gasteiger partial charge in [-0.25, -0.2) is 0 Å². The van der Waals surface area contributed by atoms with Crippen molar-refractivity contribution >= 4 is 39.9 Å². The second kappa shape index (κ2) is 7.82. The fourth-order valence-electron chi connectivity index (χ4n) is 3.43. The van der Waals surface area contributed by atoms with Crippen molar-refractivity contribution < 1.29 is 19.4 Å². The first-order valence-electron chi connectivity index (χ1n) is 8.93. The zero-order chi connectivity index (χ0) is 20.5. The third-order valence-electron chi connectivity index (χ3n) is 4.88. The number of halogens is 1. The van der Waals surface area contributed by atoms with Crippen LogP contribution in [0.15, 0.2) is 60.7 Å². The van der Waals surface area contributed by atoms with Crippen LogP contribution >= 0.6 is 22.6 Å². The van der Waals surface area contributed by atoms with Gasteiger partial charge in [0.25, 0.3) is 5.91 Å². The normalized spacial score (nSPS) is 15.5. The Bertz CT molecular complexity index is 1070. The number of nitrogens with zero attached hydrogens (tertiary/aromatic N) is 1. The number of ether oxygens (including phenoxy) is 2. The molecule has 0 saturated carbocycles. The minimum Gasteiger partial charge on any atom is -0.504 e. The number of benzene rings is 3. The Morgan fingerprint density at radius 1 is 1.03 bits per heavy atom. The lowest BCUT2D eigenvalue weighted by Gasteiger charge is -2.38. The molecule has 2 N–H and O–H groups in total. The van der Waals surface area contributed by atoms with Crippen molar-refractivity contribution in [2.45, 2.75) is 6.17 Å². The highest BCUT2D eigenvalue weighted by atomic mass is 127. The van der Waals surface area contributed by atoms with Gasteiger partial charge >= 0.3 is 0 Å². The molecular weight excluding hydrogens is 483 g/mol. The molecule has 4 rings (SSSR count). The third-order valence-corrected chi connectivity index (χ3v) is 5.55. The number of phenols is 1. The van der Waals surface area contributed by atoms with E-state index in [1.54, 1.807) is 42.3 Å². The molecule has 1 aliphatic heterocycles. The molecule has 0 aromatic heterocycles. The van der Waals surface area contributed by atoms with Crippen LogP contribution in [0.2, 0.25) is 0 Å². The highest BCUT2D eigenvalue weighted by molar-refractivity contribution is 14.1. The summed E-state index contributed by atoms with van der Waals surface area (Å²) >= 11 is 2.19. The van der Waals surface area contributed by atoms with Crippen molar-refractivity contribution in [1.82, 2.24) is 0 Å². The molecule has 1 unspecified atom stereocenters. The van der Waals surface area contributed by atoms with Gasteiger partial charge in [0.1, 0.15) is 11.9 Å². The number of phenolic OH excluding ortho intramolecular Hbond substituents is 1. The Balaban J connectivity index is 1.88. The maximum atomic E-state index is 13.5. The maximum absolute atomic E-state index is 13.5. The number of nitrogens with one attached hydrogen (secondary N) is 1. The molecule has 0 aliphatic carbocycles. The zero-order valence-corrected chi connectivity index (χ0v) is 18.0. The summed E-state index contributed by atoms with van der Waals surface area (Å²) in [5.41, 5.74) is 2.51. The molecule has 0 radical (unpaired) electrons. The molecule has 1 aliphatic rings. The molecule has 0 fully saturated rings. The van der Waals surface area contributed by atoms with Crippen LogP contribution in [0.1, 0.15) is 22.1 Å². The van der Waals surface area contributed by atoms with E-state index in [4.69, 9.17) is 9.47 Å². The van der Waals surface area contributed by atoms with Crippen LogP contribution in [-0.4, -0.2) is 25.2 Å². The van der Waals surface area contributed by atoms with Crippen molar-refractivity contribution in [3.8, 4) is 17.2 Å². The van der Waals surface area contributed by atoms with E-state index in [1.165, 1.54) is 7.11 Å². The second-order valence-electron chi connectivity index (χ2n) is 6.51. The van der Waals surface area contributed by atoms with Crippen molar-refractivity contribution in [1.29, 1.82) is 0 Å². The average molecular weight is 502 g/mol. The molecule has 1 amide bonds. The summed E-state index contributed by atoms with van der Waals surface area (Å²) in [4.78, 5) is 15.1. The lowest BCUT2D eigenvalue weighted by molar-refractivity contribution is 0.0974. The number of aromatic hydroxyl groups is 1. The quantitative estimate of drug-likeness (QED) is 0.503. The number of fused-ring (bicyclic) bond motifs is 1. The van der Waals surface area contributed by atoms with E-state index < -0.39 is 6.17 Å². The van der Waals surface area contributed by atoms with E-state index in [0.29, 0.717) is 34.0 Å². The van der Waals surface area contributed by atoms with Gasteiger partial charge in [0, 0.05) is 20.5 Å². The predicted octanol–water partition coefficient (Wildman–Crippen LogP) is 4.79. The van der Waals surface area contributed by atoms with Gasteiger partial charge in [-0.15, -0.1) is 0 Å². The van der Waals surface area contributed by atoms with Crippen LogP contribution in [0.3, 0.4) is 0 Å². The van der Waals surface area contributed by atoms with Crippen LogP contribution in [-0.2, 0) is 0 Å². The fraction of sp³-hybridized carbons (Fsp3) is 0.136. The standard InChI is InChI=1S/C22H19IN2O4/c1-28-15-9-7-14(8-10-15)25-21(16-4-3-5-19(29-2)20(16)26)24-18-11-6-13(23)12-17(18)22(25)27/h3-12,21,24,26H,1-2H3. The van der Waals surface area contributed by atoms with Crippen LogP contribution < -0.4 is 19.7 Å². The largest absolute Gasteiger partial charge is 0.504 e. The lowest BCUT2D eigenvalue weighted by atomic mass is 10.0. The van der Waals surface area contributed by atoms with Gasteiger partial charge in [-0.2, -0.15) is 0 Å². The zero-order valence-electron chi connectivity index (χ0n) is 15.8.